The molecule has 0 bridgehead atoms. The number of anilines is 1. The monoisotopic (exact) mass is 384 g/mol. The van der Waals surface area contributed by atoms with E-state index in [0.29, 0.717) is 25.1 Å². The van der Waals surface area contributed by atoms with Crippen LogP contribution in [0.25, 0.3) is 0 Å². The van der Waals surface area contributed by atoms with Crippen molar-refractivity contribution in [2.45, 2.75) is 32.6 Å². The predicted molar refractivity (Wildman–Crippen MR) is 103 cm³/mol. The summed E-state index contributed by atoms with van der Waals surface area (Å²) < 4.78 is 15.8. The Balaban J connectivity index is 2.00. The van der Waals surface area contributed by atoms with Crippen molar-refractivity contribution in [3.05, 3.63) is 48.4 Å². The van der Waals surface area contributed by atoms with Crippen LogP contribution < -0.4 is 9.64 Å². The standard InChI is InChI=1S/C21H24N2O5/c1-3-5-12-23-17-10-6-7-11-18(17)28-20(23)16(15-22)21(25)27-14-9-8-13-26-19(24)4-2/h4,6-7,10-11H,2-3,5,8-9,12-14H2,1H3. The molecule has 0 amide bonds. The molecule has 0 unspecified atom stereocenters. The molecule has 0 aliphatic carbocycles. The molecule has 1 aliphatic heterocycles. The first-order valence-electron chi connectivity index (χ1n) is 9.27. The Morgan fingerprint density at radius 2 is 1.93 bits per heavy atom. The topological polar surface area (TPSA) is 88.9 Å². The minimum absolute atomic E-state index is 0.116. The van der Waals surface area contributed by atoms with Gasteiger partial charge in [-0.1, -0.05) is 32.1 Å². The molecule has 7 heteroatoms. The number of carbonyl (C=O) groups is 2. The molecule has 148 valence electrons. The summed E-state index contributed by atoms with van der Waals surface area (Å²) in [5.74, 6) is -0.395. The molecule has 0 fully saturated rings. The average Bonchev–Trinajstić information content (AvgIpc) is 3.07. The van der Waals surface area contributed by atoms with Gasteiger partial charge >= 0.3 is 11.9 Å². The first-order valence-corrected chi connectivity index (χ1v) is 9.27. The molecule has 0 saturated heterocycles. The van der Waals surface area contributed by atoms with Crippen LogP contribution in [0.2, 0.25) is 0 Å². The number of nitriles is 1. The lowest BCUT2D eigenvalue weighted by atomic mass is 10.2. The molecule has 0 spiro atoms. The number of carbonyl (C=O) groups excluding carboxylic acids is 2. The average molecular weight is 384 g/mol. The van der Waals surface area contributed by atoms with Gasteiger partial charge in [0.25, 0.3) is 0 Å². The smallest absolute Gasteiger partial charge is 0.354 e. The molecule has 0 atom stereocenters. The van der Waals surface area contributed by atoms with Crippen LogP contribution in [0.3, 0.4) is 0 Å². The molecule has 28 heavy (non-hydrogen) atoms. The predicted octanol–water partition coefficient (Wildman–Crippen LogP) is 3.47. The molecule has 2 rings (SSSR count). The first-order chi connectivity index (χ1) is 13.6. The van der Waals surface area contributed by atoms with Gasteiger partial charge in [0.15, 0.2) is 11.3 Å². The number of rotatable bonds is 10. The Labute approximate surface area is 164 Å². The van der Waals surface area contributed by atoms with Crippen molar-refractivity contribution in [2.75, 3.05) is 24.7 Å². The van der Waals surface area contributed by atoms with Crippen molar-refractivity contribution in [3.63, 3.8) is 0 Å². The fourth-order valence-electron chi connectivity index (χ4n) is 2.61. The largest absolute Gasteiger partial charge is 0.463 e. The van der Waals surface area contributed by atoms with E-state index < -0.39 is 11.9 Å². The zero-order valence-corrected chi connectivity index (χ0v) is 16.0. The summed E-state index contributed by atoms with van der Waals surface area (Å²) in [7, 11) is 0. The van der Waals surface area contributed by atoms with Gasteiger partial charge in [-0.3, -0.25) is 0 Å². The summed E-state index contributed by atoms with van der Waals surface area (Å²) in [5.41, 5.74) is 0.668. The fraction of sp³-hybridized carbons (Fsp3) is 0.381. The molecule has 1 aliphatic rings. The number of benzene rings is 1. The second-order valence-electron chi connectivity index (χ2n) is 6.08. The van der Waals surface area contributed by atoms with E-state index in [4.69, 9.17) is 14.2 Å². The maximum Gasteiger partial charge on any atom is 0.354 e. The third kappa shape index (κ3) is 5.36. The van der Waals surface area contributed by atoms with Gasteiger partial charge in [0, 0.05) is 12.6 Å². The number of hydrogen-bond acceptors (Lipinski definition) is 7. The Bertz CT molecular complexity index is 794. The number of hydrogen-bond donors (Lipinski definition) is 0. The Kier molecular flexibility index (Phi) is 8.10. The van der Waals surface area contributed by atoms with Crippen LogP contribution in [0.1, 0.15) is 32.6 Å². The molecule has 0 N–H and O–H groups in total. The maximum absolute atomic E-state index is 12.4. The van der Waals surface area contributed by atoms with E-state index in [1.807, 2.05) is 29.2 Å². The van der Waals surface area contributed by atoms with Gasteiger partial charge < -0.3 is 19.1 Å². The van der Waals surface area contributed by atoms with Gasteiger partial charge in [0.1, 0.15) is 6.07 Å². The van der Waals surface area contributed by atoms with E-state index >= 15 is 0 Å². The SMILES string of the molecule is C=CC(=O)OCCCCOC(=O)C(C#N)=C1Oc2ccccc2N1CCCC. The molecular formula is C21H24N2O5. The van der Waals surface area contributed by atoms with Crippen LogP contribution in [0.5, 0.6) is 5.75 Å². The van der Waals surface area contributed by atoms with Gasteiger partial charge in [-0.05, 0) is 31.4 Å². The van der Waals surface area contributed by atoms with Crippen molar-refractivity contribution in [3.8, 4) is 11.8 Å². The zero-order chi connectivity index (χ0) is 20.4. The normalized spacial score (nSPS) is 13.8. The van der Waals surface area contributed by atoms with Crippen molar-refractivity contribution in [2.24, 2.45) is 0 Å². The number of nitrogens with zero attached hydrogens (tertiary/aromatic N) is 2. The van der Waals surface area contributed by atoms with Crippen LogP contribution in [-0.2, 0) is 19.1 Å². The minimum Gasteiger partial charge on any atom is -0.463 e. The number of para-hydroxylation sites is 2. The number of esters is 2. The zero-order valence-electron chi connectivity index (χ0n) is 16.0. The lowest BCUT2D eigenvalue weighted by Crippen LogP contribution is -2.25. The Morgan fingerprint density at radius 3 is 2.61 bits per heavy atom. The molecular weight excluding hydrogens is 360 g/mol. The molecule has 0 saturated carbocycles. The highest BCUT2D eigenvalue weighted by atomic mass is 16.5. The van der Waals surface area contributed by atoms with E-state index in [1.54, 1.807) is 6.07 Å². The second kappa shape index (κ2) is 10.8. The van der Waals surface area contributed by atoms with Gasteiger partial charge in [0.05, 0.1) is 18.9 Å². The molecule has 1 heterocycles. The van der Waals surface area contributed by atoms with E-state index in [0.717, 1.165) is 24.6 Å². The summed E-state index contributed by atoms with van der Waals surface area (Å²) in [4.78, 5) is 25.2. The van der Waals surface area contributed by atoms with Crippen molar-refractivity contribution in [1.82, 2.24) is 0 Å². The number of unbranched alkanes of at least 4 members (excludes halogenated alkanes) is 2. The van der Waals surface area contributed by atoms with Gasteiger partial charge in [-0.2, -0.15) is 5.26 Å². The fourth-order valence-corrected chi connectivity index (χ4v) is 2.61. The molecule has 1 aromatic carbocycles. The lowest BCUT2D eigenvalue weighted by Gasteiger charge is -2.18. The van der Waals surface area contributed by atoms with E-state index in [-0.39, 0.29) is 24.7 Å². The third-order valence-corrected chi connectivity index (χ3v) is 4.06. The Morgan fingerprint density at radius 1 is 1.21 bits per heavy atom. The van der Waals surface area contributed by atoms with E-state index in [1.165, 1.54) is 0 Å². The van der Waals surface area contributed by atoms with Crippen LogP contribution in [0.15, 0.2) is 48.4 Å². The van der Waals surface area contributed by atoms with Crippen LogP contribution in [0.4, 0.5) is 5.69 Å². The van der Waals surface area contributed by atoms with E-state index in [9.17, 15) is 14.9 Å². The van der Waals surface area contributed by atoms with Gasteiger partial charge in [-0.25, -0.2) is 9.59 Å². The highest BCUT2D eigenvalue weighted by molar-refractivity contribution is 5.94. The molecule has 0 radical (unpaired) electrons. The number of fused-ring (bicyclic) bond motifs is 1. The molecule has 1 aromatic rings. The maximum atomic E-state index is 12.4. The highest BCUT2D eigenvalue weighted by Crippen LogP contribution is 2.39. The van der Waals surface area contributed by atoms with Gasteiger partial charge in [-0.15, -0.1) is 0 Å². The molecule has 0 aromatic heterocycles. The second-order valence-corrected chi connectivity index (χ2v) is 6.08. The number of ether oxygens (including phenoxy) is 3. The summed E-state index contributed by atoms with van der Waals surface area (Å²) >= 11 is 0. The van der Waals surface area contributed by atoms with Crippen molar-refractivity contribution >= 4 is 17.6 Å². The van der Waals surface area contributed by atoms with E-state index in [2.05, 4.69) is 13.5 Å². The summed E-state index contributed by atoms with van der Waals surface area (Å²) in [6.45, 7) is 6.35. The van der Waals surface area contributed by atoms with Gasteiger partial charge in [0.2, 0.25) is 5.88 Å². The summed E-state index contributed by atoms with van der Waals surface area (Å²) in [6.07, 6.45) is 3.99. The minimum atomic E-state index is -0.727. The Hall–Kier alpha value is -3.27. The van der Waals surface area contributed by atoms with Crippen LogP contribution in [0, 0.1) is 11.3 Å². The van der Waals surface area contributed by atoms with Crippen LogP contribution in [-0.4, -0.2) is 31.7 Å². The quantitative estimate of drug-likeness (QED) is 0.264. The first kappa shape index (κ1) is 21.0. The lowest BCUT2D eigenvalue weighted by molar-refractivity contribution is -0.140. The summed E-state index contributed by atoms with van der Waals surface area (Å²) in [5, 5.41) is 9.53. The molecule has 7 nitrogen and oxygen atoms in total. The highest BCUT2D eigenvalue weighted by Gasteiger charge is 2.32. The van der Waals surface area contributed by atoms with Crippen molar-refractivity contribution < 1.29 is 23.8 Å². The summed E-state index contributed by atoms with van der Waals surface area (Å²) in [6, 6.07) is 9.33. The third-order valence-electron chi connectivity index (χ3n) is 4.06. The van der Waals surface area contributed by atoms with Crippen LogP contribution >= 0.6 is 0 Å². The van der Waals surface area contributed by atoms with Crippen molar-refractivity contribution in [1.29, 1.82) is 5.26 Å².